The number of methoxy groups -OCH3 is 2. The number of thiazole rings is 1. The summed E-state index contributed by atoms with van der Waals surface area (Å²) in [6.45, 7) is 0. The van der Waals surface area contributed by atoms with Gasteiger partial charge in [0, 0.05) is 28.0 Å². The molecule has 0 atom stereocenters. The van der Waals surface area contributed by atoms with Gasteiger partial charge in [0.2, 0.25) is 0 Å². The van der Waals surface area contributed by atoms with Crippen LogP contribution in [0.2, 0.25) is 0 Å². The second kappa shape index (κ2) is 7.13. The fourth-order valence-electron chi connectivity index (χ4n) is 2.80. The molecule has 0 aliphatic heterocycles. The van der Waals surface area contributed by atoms with Gasteiger partial charge in [-0.15, -0.1) is 11.3 Å². The molecule has 0 spiro atoms. The number of para-hydroxylation sites is 1. The van der Waals surface area contributed by atoms with Gasteiger partial charge in [-0.3, -0.25) is 4.79 Å². The summed E-state index contributed by atoms with van der Waals surface area (Å²) in [4.78, 5) is 20.3. The number of carbonyl (C=O) groups is 1. The summed E-state index contributed by atoms with van der Waals surface area (Å²) in [6.07, 6.45) is 0. The van der Waals surface area contributed by atoms with Crippen molar-refractivity contribution in [1.29, 1.82) is 0 Å². The maximum atomic E-state index is 12.5. The van der Waals surface area contributed by atoms with E-state index in [1.54, 1.807) is 37.8 Å². The van der Waals surface area contributed by atoms with Gasteiger partial charge in [-0.05, 0) is 24.3 Å². The highest BCUT2D eigenvalue weighted by molar-refractivity contribution is 7.13. The molecule has 4 aromatic rings. The minimum absolute atomic E-state index is 0.277. The van der Waals surface area contributed by atoms with Gasteiger partial charge < -0.3 is 19.8 Å². The Labute approximate surface area is 159 Å². The quantitative estimate of drug-likeness (QED) is 0.533. The van der Waals surface area contributed by atoms with Gasteiger partial charge >= 0.3 is 0 Å². The standard InChI is InChI=1S/C20H17N3O3S/c1-25-17-8-7-13(10-18(17)26-2)21-19(24)16-11-27-20(23-16)15-9-12-5-3-4-6-14(12)22-15/h3-11,22H,1-2H3,(H,21,24). The Morgan fingerprint density at radius 1 is 1.07 bits per heavy atom. The van der Waals surface area contributed by atoms with Crippen LogP contribution in [-0.4, -0.2) is 30.1 Å². The molecule has 2 aromatic carbocycles. The van der Waals surface area contributed by atoms with Crippen LogP contribution in [0.4, 0.5) is 5.69 Å². The molecule has 2 aromatic heterocycles. The molecule has 0 saturated heterocycles. The molecule has 6 nitrogen and oxygen atoms in total. The third kappa shape index (κ3) is 3.37. The summed E-state index contributed by atoms with van der Waals surface area (Å²) in [5, 5.41) is 6.46. The first kappa shape index (κ1) is 17.1. The molecular weight excluding hydrogens is 362 g/mol. The highest BCUT2D eigenvalue weighted by Gasteiger charge is 2.14. The number of carbonyl (C=O) groups excluding carboxylic acids is 1. The van der Waals surface area contributed by atoms with Crippen molar-refractivity contribution in [3.8, 4) is 22.2 Å². The van der Waals surface area contributed by atoms with Crippen LogP contribution in [0.25, 0.3) is 21.6 Å². The minimum Gasteiger partial charge on any atom is -0.493 e. The molecule has 7 heteroatoms. The number of hydrogen-bond acceptors (Lipinski definition) is 5. The van der Waals surface area contributed by atoms with Gasteiger partial charge in [0.05, 0.1) is 19.9 Å². The number of amides is 1. The maximum absolute atomic E-state index is 12.5. The topological polar surface area (TPSA) is 76.2 Å². The van der Waals surface area contributed by atoms with Gasteiger partial charge in [0.1, 0.15) is 10.7 Å². The molecule has 0 aliphatic carbocycles. The van der Waals surface area contributed by atoms with Crippen molar-refractivity contribution in [1.82, 2.24) is 9.97 Å². The molecule has 0 bridgehead atoms. The number of rotatable bonds is 5. The number of nitrogens with one attached hydrogen (secondary N) is 2. The monoisotopic (exact) mass is 379 g/mol. The number of ether oxygens (including phenoxy) is 2. The minimum atomic E-state index is -0.277. The Morgan fingerprint density at radius 3 is 2.67 bits per heavy atom. The zero-order valence-corrected chi connectivity index (χ0v) is 15.6. The summed E-state index contributed by atoms with van der Waals surface area (Å²) in [6, 6.07) is 15.3. The maximum Gasteiger partial charge on any atom is 0.275 e. The van der Waals surface area contributed by atoms with Crippen LogP contribution >= 0.6 is 11.3 Å². The number of aromatic amines is 1. The predicted molar refractivity (Wildman–Crippen MR) is 107 cm³/mol. The van der Waals surface area contributed by atoms with Crippen molar-refractivity contribution < 1.29 is 14.3 Å². The van der Waals surface area contributed by atoms with Gasteiger partial charge in [-0.1, -0.05) is 18.2 Å². The van der Waals surface area contributed by atoms with Crippen molar-refractivity contribution in [2.45, 2.75) is 0 Å². The lowest BCUT2D eigenvalue weighted by atomic mass is 10.2. The molecular formula is C20H17N3O3S. The Kier molecular flexibility index (Phi) is 4.52. The zero-order valence-electron chi connectivity index (χ0n) is 14.8. The zero-order chi connectivity index (χ0) is 18.8. The summed E-state index contributed by atoms with van der Waals surface area (Å²) >= 11 is 1.42. The van der Waals surface area contributed by atoms with E-state index in [1.807, 2.05) is 30.3 Å². The highest BCUT2D eigenvalue weighted by Crippen LogP contribution is 2.30. The average Bonchev–Trinajstić information content (AvgIpc) is 3.34. The smallest absolute Gasteiger partial charge is 0.275 e. The van der Waals surface area contributed by atoms with Crippen LogP contribution in [0, 0.1) is 0 Å². The molecule has 136 valence electrons. The van der Waals surface area contributed by atoms with Crippen LogP contribution in [0.15, 0.2) is 53.9 Å². The van der Waals surface area contributed by atoms with Gasteiger partial charge in [-0.25, -0.2) is 4.98 Å². The highest BCUT2D eigenvalue weighted by atomic mass is 32.1. The number of anilines is 1. The van der Waals surface area contributed by atoms with Crippen LogP contribution < -0.4 is 14.8 Å². The Bertz CT molecular complexity index is 1080. The van der Waals surface area contributed by atoms with E-state index in [0.29, 0.717) is 22.9 Å². The first-order chi connectivity index (χ1) is 13.2. The lowest BCUT2D eigenvalue weighted by Gasteiger charge is -2.09. The van der Waals surface area contributed by atoms with Crippen molar-refractivity contribution in [2.24, 2.45) is 0 Å². The van der Waals surface area contributed by atoms with Crippen molar-refractivity contribution in [2.75, 3.05) is 19.5 Å². The van der Waals surface area contributed by atoms with Crippen molar-refractivity contribution in [3.05, 3.63) is 59.6 Å². The fraction of sp³-hybridized carbons (Fsp3) is 0.100. The number of aromatic nitrogens is 2. The molecule has 0 unspecified atom stereocenters. The van der Waals surface area contributed by atoms with E-state index >= 15 is 0 Å². The van der Waals surface area contributed by atoms with Crippen molar-refractivity contribution >= 4 is 33.8 Å². The molecule has 0 aliphatic rings. The van der Waals surface area contributed by atoms with E-state index in [4.69, 9.17) is 9.47 Å². The van der Waals surface area contributed by atoms with E-state index in [2.05, 4.69) is 15.3 Å². The molecule has 27 heavy (non-hydrogen) atoms. The van der Waals surface area contributed by atoms with E-state index in [0.717, 1.165) is 21.6 Å². The number of H-pyrrole nitrogens is 1. The molecule has 2 heterocycles. The third-order valence-corrected chi connectivity index (χ3v) is 5.01. The lowest BCUT2D eigenvalue weighted by molar-refractivity contribution is 0.102. The lowest BCUT2D eigenvalue weighted by Crippen LogP contribution is -2.12. The average molecular weight is 379 g/mol. The van der Waals surface area contributed by atoms with Crippen LogP contribution in [0.5, 0.6) is 11.5 Å². The normalized spacial score (nSPS) is 10.7. The molecule has 0 radical (unpaired) electrons. The molecule has 1 amide bonds. The number of fused-ring (bicyclic) bond motifs is 1. The first-order valence-corrected chi connectivity index (χ1v) is 9.13. The van der Waals surface area contributed by atoms with Gasteiger partial charge in [0.25, 0.3) is 5.91 Å². The van der Waals surface area contributed by atoms with E-state index < -0.39 is 0 Å². The Morgan fingerprint density at radius 2 is 1.89 bits per heavy atom. The second-order valence-electron chi connectivity index (χ2n) is 5.83. The number of hydrogen-bond donors (Lipinski definition) is 2. The number of nitrogens with zero attached hydrogens (tertiary/aromatic N) is 1. The number of benzene rings is 2. The Hall–Kier alpha value is -3.32. The third-order valence-electron chi connectivity index (χ3n) is 4.14. The predicted octanol–water partition coefficient (Wildman–Crippen LogP) is 4.56. The Balaban J connectivity index is 1.55. The largest absolute Gasteiger partial charge is 0.493 e. The van der Waals surface area contributed by atoms with Crippen LogP contribution in [0.1, 0.15) is 10.5 Å². The second-order valence-corrected chi connectivity index (χ2v) is 6.69. The van der Waals surface area contributed by atoms with Gasteiger partial charge in [-0.2, -0.15) is 0 Å². The molecule has 2 N–H and O–H groups in total. The van der Waals surface area contributed by atoms with Crippen LogP contribution in [0.3, 0.4) is 0 Å². The van der Waals surface area contributed by atoms with E-state index in [1.165, 1.54) is 11.3 Å². The molecule has 0 saturated carbocycles. The van der Waals surface area contributed by atoms with Gasteiger partial charge in [0.15, 0.2) is 11.5 Å². The molecule has 0 fully saturated rings. The summed E-state index contributed by atoms with van der Waals surface area (Å²) in [5.74, 6) is 0.874. The fourth-order valence-corrected chi connectivity index (χ4v) is 3.57. The molecule has 4 rings (SSSR count). The first-order valence-electron chi connectivity index (χ1n) is 8.25. The summed E-state index contributed by atoms with van der Waals surface area (Å²) in [5.41, 5.74) is 2.91. The van der Waals surface area contributed by atoms with E-state index in [9.17, 15) is 4.79 Å². The van der Waals surface area contributed by atoms with Crippen LogP contribution in [-0.2, 0) is 0 Å². The van der Waals surface area contributed by atoms with E-state index in [-0.39, 0.29) is 5.91 Å². The summed E-state index contributed by atoms with van der Waals surface area (Å²) in [7, 11) is 3.12. The van der Waals surface area contributed by atoms with Crippen molar-refractivity contribution in [3.63, 3.8) is 0 Å². The summed E-state index contributed by atoms with van der Waals surface area (Å²) < 4.78 is 10.5. The SMILES string of the molecule is COc1ccc(NC(=O)c2csc(-c3cc4ccccc4[nH]3)n2)cc1OC.